The highest BCUT2D eigenvalue weighted by Crippen LogP contribution is 2.40. The van der Waals surface area contributed by atoms with Crippen LogP contribution >= 0.6 is 31.9 Å². The first kappa shape index (κ1) is 8.40. The van der Waals surface area contributed by atoms with Crippen LogP contribution in [-0.4, -0.2) is 9.41 Å². The number of alkyl halides is 3. The molecule has 0 amide bonds. The van der Waals surface area contributed by atoms with Crippen molar-refractivity contribution in [2.45, 2.75) is 9.41 Å². The van der Waals surface area contributed by atoms with E-state index in [9.17, 15) is 8.78 Å². The van der Waals surface area contributed by atoms with Gasteiger partial charge in [0.15, 0.2) is 0 Å². The first-order valence-electron chi connectivity index (χ1n) is 2.61. The fourth-order valence-corrected chi connectivity index (χ4v) is 1.28. The molecule has 1 aliphatic rings. The van der Waals surface area contributed by atoms with E-state index in [0.29, 0.717) is 0 Å². The number of hydrogen-bond donors (Lipinski definition) is 0. The van der Waals surface area contributed by atoms with E-state index in [1.165, 1.54) is 12.2 Å². The third-order valence-corrected chi connectivity index (χ3v) is 3.61. The highest BCUT2D eigenvalue weighted by molar-refractivity contribution is 9.12. The first-order chi connectivity index (χ1) is 4.55. The zero-order valence-electron chi connectivity index (χ0n) is 4.82. The summed E-state index contributed by atoms with van der Waals surface area (Å²) in [6.45, 7) is 0. The van der Waals surface area contributed by atoms with E-state index < -0.39 is 15.2 Å². The van der Waals surface area contributed by atoms with Crippen molar-refractivity contribution < 1.29 is 8.78 Å². The lowest BCUT2D eigenvalue weighted by atomic mass is 10.1. The minimum atomic E-state index is -2.07. The standard InChI is InChI=1S/C6H4Br2F2/c7-4-2-1-3-5(9)6(4,8)10/h1-4H. The highest BCUT2D eigenvalue weighted by atomic mass is 79.9. The number of allylic oxidation sites excluding steroid dienone is 4. The maximum absolute atomic E-state index is 13.0. The molecule has 0 nitrogen and oxygen atoms in total. The molecule has 0 aromatic rings. The molecular weight excluding hydrogens is 270 g/mol. The van der Waals surface area contributed by atoms with Crippen LogP contribution < -0.4 is 0 Å². The number of hydrogen-bond acceptors (Lipinski definition) is 0. The molecule has 0 saturated carbocycles. The van der Waals surface area contributed by atoms with E-state index in [4.69, 9.17) is 0 Å². The van der Waals surface area contributed by atoms with E-state index in [0.717, 1.165) is 6.08 Å². The summed E-state index contributed by atoms with van der Waals surface area (Å²) in [6.07, 6.45) is 4.08. The quantitative estimate of drug-likeness (QED) is 0.595. The Morgan fingerprint density at radius 2 is 2.20 bits per heavy atom. The molecule has 4 heteroatoms. The van der Waals surface area contributed by atoms with Crippen LogP contribution in [0.15, 0.2) is 24.1 Å². The Hall–Kier alpha value is 0.300. The Morgan fingerprint density at radius 1 is 1.60 bits per heavy atom. The third-order valence-electron chi connectivity index (χ3n) is 1.19. The van der Waals surface area contributed by atoms with Crippen molar-refractivity contribution >= 4 is 31.9 Å². The molecule has 0 aromatic heterocycles. The van der Waals surface area contributed by atoms with E-state index in [1.54, 1.807) is 0 Å². The summed E-state index contributed by atoms with van der Waals surface area (Å²) in [4.78, 5) is -0.634. The third kappa shape index (κ3) is 1.32. The molecule has 0 saturated heterocycles. The fourth-order valence-electron chi connectivity index (χ4n) is 0.601. The summed E-state index contributed by atoms with van der Waals surface area (Å²) in [5.74, 6) is -0.808. The molecule has 0 aromatic carbocycles. The molecule has 2 unspecified atom stereocenters. The van der Waals surface area contributed by atoms with Gasteiger partial charge in [0.25, 0.3) is 0 Å². The van der Waals surface area contributed by atoms with Gasteiger partial charge in [-0.3, -0.25) is 0 Å². The summed E-state index contributed by atoms with van der Waals surface area (Å²) in [5.41, 5.74) is 0. The zero-order valence-corrected chi connectivity index (χ0v) is 7.99. The van der Waals surface area contributed by atoms with Crippen LogP contribution in [0.3, 0.4) is 0 Å². The van der Waals surface area contributed by atoms with Gasteiger partial charge in [-0.25, -0.2) is 8.78 Å². The Bertz CT molecular complexity index is 196. The van der Waals surface area contributed by atoms with Crippen molar-refractivity contribution in [2.75, 3.05) is 0 Å². The highest BCUT2D eigenvalue weighted by Gasteiger charge is 2.39. The van der Waals surface area contributed by atoms with Gasteiger partial charge >= 0.3 is 0 Å². The van der Waals surface area contributed by atoms with Crippen molar-refractivity contribution in [1.82, 2.24) is 0 Å². The maximum atomic E-state index is 13.0. The SMILES string of the molecule is FC1=CC=CC(Br)C1(F)Br. The summed E-state index contributed by atoms with van der Waals surface area (Å²) in [6, 6.07) is 0. The van der Waals surface area contributed by atoms with Gasteiger partial charge in [0, 0.05) is 0 Å². The molecule has 1 aliphatic carbocycles. The van der Waals surface area contributed by atoms with Gasteiger partial charge in [0.1, 0.15) is 5.83 Å². The fraction of sp³-hybridized carbons (Fsp3) is 0.333. The molecule has 0 N–H and O–H groups in total. The van der Waals surface area contributed by atoms with Gasteiger partial charge in [-0.15, -0.1) is 0 Å². The second kappa shape index (κ2) is 2.74. The van der Waals surface area contributed by atoms with Crippen LogP contribution in [-0.2, 0) is 0 Å². The largest absolute Gasteiger partial charge is 0.231 e. The Kier molecular flexibility index (Phi) is 2.30. The molecule has 0 aliphatic heterocycles. The van der Waals surface area contributed by atoms with Crippen molar-refractivity contribution in [3.8, 4) is 0 Å². The molecule has 10 heavy (non-hydrogen) atoms. The van der Waals surface area contributed by atoms with E-state index in [2.05, 4.69) is 31.9 Å². The molecule has 0 radical (unpaired) electrons. The summed E-state index contributed by atoms with van der Waals surface area (Å²) in [7, 11) is 0. The minimum Gasteiger partial charge on any atom is -0.222 e. The number of halogens is 4. The monoisotopic (exact) mass is 272 g/mol. The lowest BCUT2D eigenvalue weighted by Gasteiger charge is -2.21. The smallest absolute Gasteiger partial charge is 0.222 e. The van der Waals surface area contributed by atoms with Crippen LogP contribution in [0, 0.1) is 0 Å². The lowest BCUT2D eigenvalue weighted by Crippen LogP contribution is -2.27. The molecule has 2 atom stereocenters. The van der Waals surface area contributed by atoms with Crippen LogP contribution in [0.25, 0.3) is 0 Å². The summed E-state index contributed by atoms with van der Waals surface area (Å²) in [5, 5.41) is 0. The first-order valence-corrected chi connectivity index (χ1v) is 4.32. The second-order valence-corrected chi connectivity index (χ2v) is 4.06. The van der Waals surface area contributed by atoms with Crippen molar-refractivity contribution in [2.24, 2.45) is 0 Å². The van der Waals surface area contributed by atoms with Gasteiger partial charge in [0.2, 0.25) is 4.58 Å². The lowest BCUT2D eigenvalue weighted by molar-refractivity contribution is 0.303. The van der Waals surface area contributed by atoms with Crippen LogP contribution in [0.2, 0.25) is 0 Å². The van der Waals surface area contributed by atoms with Gasteiger partial charge in [-0.1, -0.05) is 28.1 Å². The van der Waals surface area contributed by atoms with Crippen molar-refractivity contribution in [3.05, 3.63) is 24.1 Å². The van der Waals surface area contributed by atoms with Crippen LogP contribution in [0.1, 0.15) is 0 Å². The van der Waals surface area contributed by atoms with E-state index >= 15 is 0 Å². The topological polar surface area (TPSA) is 0 Å². The molecular formula is C6H4Br2F2. The average Bonchev–Trinajstić information content (AvgIpc) is 1.84. The van der Waals surface area contributed by atoms with Gasteiger partial charge < -0.3 is 0 Å². The average molecular weight is 274 g/mol. The second-order valence-electron chi connectivity index (χ2n) is 1.92. The van der Waals surface area contributed by atoms with Crippen molar-refractivity contribution in [3.63, 3.8) is 0 Å². The zero-order chi connectivity index (χ0) is 7.78. The van der Waals surface area contributed by atoms with Gasteiger partial charge in [-0.05, 0) is 22.0 Å². The predicted molar refractivity (Wildman–Crippen MR) is 43.8 cm³/mol. The van der Waals surface area contributed by atoms with Crippen molar-refractivity contribution in [1.29, 1.82) is 0 Å². The minimum absolute atomic E-state index is 0.634. The molecule has 56 valence electrons. The Balaban J connectivity index is 2.93. The molecule has 0 fully saturated rings. The number of rotatable bonds is 0. The Labute approximate surface area is 74.2 Å². The normalized spacial score (nSPS) is 39.6. The summed E-state index contributed by atoms with van der Waals surface area (Å²) < 4.78 is 23.5. The molecule has 0 spiro atoms. The van der Waals surface area contributed by atoms with Gasteiger partial charge in [0.05, 0.1) is 4.83 Å². The van der Waals surface area contributed by atoms with E-state index in [-0.39, 0.29) is 0 Å². The molecule has 0 heterocycles. The Morgan fingerprint density at radius 3 is 2.60 bits per heavy atom. The predicted octanol–water partition coefficient (Wildman–Crippen LogP) is 3.23. The molecule has 0 bridgehead atoms. The van der Waals surface area contributed by atoms with Crippen LogP contribution in [0.4, 0.5) is 8.78 Å². The van der Waals surface area contributed by atoms with Gasteiger partial charge in [-0.2, -0.15) is 0 Å². The van der Waals surface area contributed by atoms with Crippen LogP contribution in [0.5, 0.6) is 0 Å². The summed E-state index contributed by atoms with van der Waals surface area (Å²) >= 11 is 5.58. The maximum Gasteiger partial charge on any atom is 0.231 e. The van der Waals surface area contributed by atoms with E-state index in [1.807, 2.05) is 0 Å². The molecule has 1 rings (SSSR count).